The van der Waals surface area contributed by atoms with Crippen molar-refractivity contribution in [2.45, 2.75) is 19.6 Å². The zero-order valence-electron chi connectivity index (χ0n) is 14.6. The first-order chi connectivity index (χ1) is 12.7. The van der Waals surface area contributed by atoms with Gasteiger partial charge in [-0.3, -0.25) is 5.10 Å². The number of hydrogen-bond donors (Lipinski definition) is 1. The van der Waals surface area contributed by atoms with Gasteiger partial charge in [0, 0.05) is 23.7 Å². The van der Waals surface area contributed by atoms with Gasteiger partial charge >= 0.3 is 0 Å². The molecule has 0 spiro atoms. The second-order valence-electron chi connectivity index (χ2n) is 6.31. The molecule has 0 saturated carbocycles. The van der Waals surface area contributed by atoms with E-state index in [1.165, 1.54) is 0 Å². The summed E-state index contributed by atoms with van der Waals surface area (Å²) >= 11 is 0. The lowest BCUT2D eigenvalue weighted by Gasteiger charge is -2.15. The van der Waals surface area contributed by atoms with Crippen LogP contribution in [-0.2, 0) is 16.0 Å². The maximum Gasteiger partial charge on any atom is 0.120 e. The molecule has 2 aromatic heterocycles. The van der Waals surface area contributed by atoms with Crippen LogP contribution in [0.1, 0.15) is 12.6 Å². The summed E-state index contributed by atoms with van der Waals surface area (Å²) in [7, 11) is 0. The molecule has 1 aliphatic heterocycles. The number of benzene rings is 1. The molecule has 26 heavy (non-hydrogen) atoms. The van der Waals surface area contributed by atoms with Gasteiger partial charge in [-0.25, -0.2) is 0 Å². The molecule has 0 fully saturated rings. The number of rotatable bonds is 0. The van der Waals surface area contributed by atoms with Gasteiger partial charge in [-0.2, -0.15) is 10.4 Å². The van der Waals surface area contributed by atoms with Gasteiger partial charge in [-0.1, -0.05) is 0 Å². The summed E-state index contributed by atoms with van der Waals surface area (Å²) in [6, 6.07) is 9.93. The molecule has 3 aromatic rings. The lowest BCUT2D eigenvalue weighted by atomic mass is 10.1. The summed E-state index contributed by atoms with van der Waals surface area (Å²) < 4.78 is 19.1. The molecule has 134 valence electrons. The van der Waals surface area contributed by atoms with Crippen LogP contribution >= 0.6 is 0 Å². The fraction of sp³-hybridized carbons (Fsp3) is 0.368. The van der Waals surface area contributed by atoms with Crippen molar-refractivity contribution in [1.82, 2.24) is 14.8 Å². The molecule has 1 aromatic carbocycles. The topological polar surface area (TPSA) is 85.1 Å². The molecule has 7 nitrogen and oxygen atoms in total. The van der Waals surface area contributed by atoms with Crippen molar-refractivity contribution in [3.8, 4) is 23.1 Å². The van der Waals surface area contributed by atoms with Crippen LogP contribution in [0, 0.1) is 11.3 Å². The highest BCUT2D eigenvalue weighted by Crippen LogP contribution is 2.30. The molecule has 1 atom stereocenters. The summed E-state index contributed by atoms with van der Waals surface area (Å²) in [6.07, 6.45) is 1.87. The Morgan fingerprint density at radius 2 is 2.12 bits per heavy atom. The Morgan fingerprint density at radius 1 is 1.23 bits per heavy atom. The van der Waals surface area contributed by atoms with Crippen LogP contribution in [0.15, 0.2) is 30.5 Å². The molecular formula is C19H20N4O3. The Morgan fingerprint density at radius 3 is 3.00 bits per heavy atom. The fourth-order valence-corrected chi connectivity index (χ4v) is 3.10. The number of ether oxygens (including phenoxy) is 3. The largest absolute Gasteiger partial charge is 0.488 e. The number of nitrogens with zero attached hydrogens (tertiary/aromatic N) is 3. The Bertz CT molecular complexity index is 953. The Kier molecular flexibility index (Phi) is 4.61. The van der Waals surface area contributed by atoms with E-state index in [4.69, 9.17) is 14.2 Å². The highest BCUT2D eigenvalue weighted by atomic mass is 16.5. The number of nitriles is 1. The minimum atomic E-state index is -0.0676. The van der Waals surface area contributed by atoms with Gasteiger partial charge < -0.3 is 18.8 Å². The Labute approximate surface area is 151 Å². The van der Waals surface area contributed by atoms with Crippen molar-refractivity contribution < 1.29 is 14.2 Å². The summed E-state index contributed by atoms with van der Waals surface area (Å²) in [5.74, 6) is 0.763. The summed E-state index contributed by atoms with van der Waals surface area (Å²) in [4.78, 5) is 0. The van der Waals surface area contributed by atoms with E-state index >= 15 is 0 Å². The van der Waals surface area contributed by atoms with E-state index in [1.807, 2.05) is 42.0 Å². The molecule has 7 heteroatoms. The van der Waals surface area contributed by atoms with Crippen molar-refractivity contribution in [1.29, 1.82) is 5.26 Å². The van der Waals surface area contributed by atoms with E-state index in [1.54, 1.807) is 0 Å². The van der Waals surface area contributed by atoms with Crippen molar-refractivity contribution in [2.75, 3.05) is 26.4 Å². The predicted molar refractivity (Wildman–Crippen MR) is 96.0 cm³/mol. The second kappa shape index (κ2) is 7.20. The standard InChI is InChI=1S/C19H20N4O3/c1-13-12-25-7-6-24-5-4-23-11-14(8-15(23)10-20)19-17-9-16(26-13)2-3-18(17)21-22-19/h2-3,8-9,11,13H,4-7,12H2,1H3,(H,21,22)/t13-/m0/s1. The van der Waals surface area contributed by atoms with Crippen molar-refractivity contribution in [2.24, 2.45) is 0 Å². The van der Waals surface area contributed by atoms with Gasteiger partial charge in [0.2, 0.25) is 0 Å². The number of H-pyrrole nitrogens is 1. The van der Waals surface area contributed by atoms with Crippen molar-refractivity contribution in [3.05, 3.63) is 36.2 Å². The molecule has 0 unspecified atom stereocenters. The van der Waals surface area contributed by atoms with Gasteiger partial charge in [0.1, 0.15) is 29.3 Å². The molecule has 1 N–H and O–H groups in total. The first-order valence-electron chi connectivity index (χ1n) is 8.65. The molecule has 0 saturated heterocycles. The zero-order chi connectivity index (χ0) is 17.9. The molecule has 1 aliphatic rings. The van der Waals surface area contributed by atoms with Crippen molar-refractivity contribution >= 4 is 10.9 Å². The van der Waals surface area contributed by atoms with E-state index in [-0.39, 0.29) is 6.10 Å². The molecule has 0 aliphatic carbocycles. The molecule has 3 heterocycles. The molecular weight excluding hydrogens is 332 g/mol. The number of fused-ring (bicyclic) bond motifs is 4. The first-order valence-corrected chi connectivity index (χ1v) is 8.65. The minimum Gasteiger partial charge on any atom is -0.488 e. The van der Waals surface area contributed by atoms with Crippen LogP contribution in [-0.4, -0.2) is 47.3 Å². The van der Waals surface area contributed by atoms with Gasteiger partial charge in [-0.15, -0.1) is 0 Å². The Balaban J connectivity index is 1.77. The third kappa shape index (κ3) is 3.29. The third-order valence-electron chi connectivity index (χ3n) is 4.36. The predicted octanol–water partition coefficient (Wildman–Crippen LogP) is 2.72. The number of hydrogen-bond acceptors (Lipinski definition) is 5. The quantitative estimate of drug-likeness (QED) is 0.672. The summed E-state index contributed by atoms with van der Waals surface area (Å²) in [5.41, 5.74) is 3.21. The lowest BCUT2D eigenvalue weighted by molar-refractivity contribution is 0.0148. The monoisotopic (exact) mass is 352 g/mol. The van der Waals surface area contributed by atoms with Crippen molar-refractivity contribution in [3.63, 3.8) is 0 Å². The smallest absolute Gasteiger partial charge is 0.120 e. The second-order valence-corrected chi connectivity index (χ2v) is 6.31. The van der Waals surface area contributed by atoms with E-state index in [2.05, 4.69) is 16.3 Å². The zero-order valence-corrected chi connectivity index (χ0v) is 14.6. The lowest BCUT2D eigenvalue weighted by Crippen LogP contribution is -2.21. The van der Waals surface area contributed by atoms with Crippen LogP contribution in [0.5, 0.6) is 5.75 Å². The summed E-state index contributed by atoms with van der Waals surface area (Å²) in [5, 5.41) is 17.9. The van der Waals surface area contributed by atoms with Gasteiger partial charge in [0.25, 0.3) is 0 Å². The van der Waals surface area contributed by atoms with E-state index < -0.39 is 0 Å². The Hall–Kier alpha value is -2.82. The summed E-state index contributed by atoms with van der Waals surface area (Å²) in [6.45, 7) is 4.62. The van der Waals surface area contributed by atoms with Gasteiger partial charge in [0.05, 0.1) is 31.9 Å². The van der Waals surface area contributed by atoms with E-state index in [0.29, 0.717) is 38.7 Å². The number of nitrogens with one attached hydrogen (secondary N) is 1. The number of aromatic amines is 1. The molecule has 4 bridgehead atoms. The van der Waals surface area contributed by atoms with E-state index in [9.17, 15) is 5.26 Å². The highest BCUT2D eigenvalue weighted by molar-refractivity contribution is 5.93. The third-order valence-corrected chi connectivity index (χ3v) is 4.36. The average Bonchev–Trinajstić information content (AvgIpc) is 3.23. The maximum absolute atomic E-state index is 9.42. The van der Waals surface area contributed by atoms with Crippen LogP contribution in [0.25, 0.3) is 22.2 Å². The van der Waals surface area contributed by atoms with E-state index in [0.717, 1.165) is 27.9 Å². The first kappa shape index (κ1) is 16.6. The van der Waals surface area contributed by atoms with Crippen LogP contribution in [0.2, 0.25) is 0 Å². The van der Waals surface area contributed by atoms with Crippen LogP contribution in [0.4, 0.5) is 0 Å². The van der Waals surface area contributed by atoms with Gasteiger partial charge in [0.15, 0.2) is 0 Å². The SMILES string of the molecule is C[C@H]1COCCOCCn2cc(cc2C#N)-c2n[nH]c3ccc(cc23)O1. The molecule has 0 radical (unpaired) electrons. The highest BCUT2D eigenvalue weighted by Gasteiger charge is 2.15. The average molecular weight is 352 g/mol. The number of aromatic nitrogens is 3. The molecule has 4 rings (SSSR count). The maximum atomic E-state index is 9.42. The fourth-order valence-electron chi connectivity index (χ4n) is 3.10. The van der Waals surface area contributed by atoms with Gasteiger partial charge in [-0.05, 0) is 31.2 Å². The normalized spacial score (nSPS) is 18.5. The van der Waals surface area contributed by atoms with Crippen LogP contribution in [0.3, 0.4) is 0 Å². The van der Waals surface area contributed by atoms with Crippen LogP contribution < -0.4 is 4.74 Å². The minimum absolute atomic E-state index is 0.0676. The molecule has 0 amide bonds.